The fraction of sp³-hybridized carbons (Fsp3) is 0.600. The number of nitrogens with one attached hydrogen (secondary N) is 1. The van der Waals surface area contributed by atoms with Gasteiger partial charge in [0, 0.05) is 17.3 Å². The SMILES string of the molecule is CC1CCCC(Nc2ccccc2CO)C1C. The van der Waals surface area contributed by atoms with Crippen LogP contribution in [0.1, 0.15) is 38.7 Å². The topological polar surface area (TPSA) is 32.3 Å². The van der Waals surface area contributed by atoms with Crippen LogP contribution in [-0.4, -0.2) is 11.1 Å². The molecule has 2 N–H and O–H groups in total. The minimum absolute atomic E-state index is 0.111. The van der Waals surface area contributed by atoms with Crippen LogP contribution >= 0.6 is 0 Å². The van der Waals surface area contributed by atoms with Crippen molar-refractivity contribution in [2.24, 2.45) is 11.8 Å². The Bertz CT molecular complexity index is 364. The first kappa shape index (κ1) is 12.4. The van der Waals surface area contributed by atoms with Crippen molar-refractivity contribution in [2.75, 3.05) is 5.32 Å². The summed E-state index contributed by atoms with van der Waals surface area (Å²) >= 11 is 0. The molecule has 94 valence electrons. The fourth-order valence-electron chi connectivity index (χ4n) is 2.78. The van der Waals surface area contributed by atoms with Gasteiger partial charge in [-0.1, -0.05) is 44.9 Å². The lowest BCUT2D eigenvalue weighted by Gasteiger charge is -2.35. The Hall–Kier alpha value is -1.02. The Kier molecular flexibility index (Phi) is 4.06. The van der Waals surface area contributed by atoms with Gasteiger partial charge in [0.1, 0.15) is 0 Å². The minimum atomic E-state index is 0.111. The molecule has 1 aliphatic rings. The average Bonchev–Trinajstić information content (AvgIpc) is 2.35. The van der Waals surface area contributed by atoms with Crippen molar-refractivity contribution in [1.29, 1.82) is 0 Å². The molecule has 2 nitrogen and oxygen atoms in total. The number of rotatable bonds is 3. The zero-order valence-corrected chi connectivity index (χ0v) is 10.8. The van der Waals surface area contributed by atoms with Crippen LogP contribution in [0.25, 0.3) is 0 Å². The van der Waals surface area contributed by atoms with Crippen LogP contribution in [0.2, 0.25) is 0 Å². The molecule has 0 aromatic heterocycles. The van der Waals surface area contributed by atoms with E-state index in [0.29, 0.717) is 12.0 Å². The van der Waals surface area contributed by atoms with Crippen molar-refractivity contribution < 1.29 is 5.11 Å². The predicted molar refractivity (Wildman–Crippen MR) is 72.0 cm³/mol. The summed E-state index contributed by atoms with van der Waals surface area (Å²) in [5, 5.41) is 12.9. The van der Waals surface area contributed by atoms with E-state index < -0.39 is 0 Å². The largest absolute Gasteiger partial charge is 0.392 e. The van der Waals surface area contributed by atoms with Crippen LogP contribution in [0.3, 0.4) is 0 Å². The van der Waals surface area contributed by atoms with E-state index in [2.05, 4.69) is 25.2 Å². The molecule has 0 heterocycles. The third-order valence-corrected chi connectivity index (χ3v) is 4.24. The molecular formula is C15H23NO. The predicted octanol–water partition coefficient (Wildman–Crippen LogP) is 3.42. The molecule has 17 heavy (non-hydrogen) atoms. The first-order chi connectivity index (χ1) is 8.22. The van der Waals surface area contributed by atoms with Gasteiger partial charge in [-0.15, -0.1) is 0 Å². The van der Waals surface area contributed by atoms with E-state index in [1.807, 2.05) is 18.2 Å². The lowest BCUT2D eigenvalue weighted by Crippen LogP contribution is -2.35. The van der Waals surface area contributed by atoms with E-state index in [-0.39, 0.29) is 6.61 Å². The van der Waals surface area contributed by atoms with Gasteiger partial charge in [0.15, 0.2) is 0 Å². The number of benzene rings is 1. The summed E-state index contributed by atoms with van der Waals surface area (Å²) in [6.07, 6.45) is 3.90. The quantitative estimate of drug-likeness (QED) is 0.838. The summed E-state index contributed by atoms with van der Waals surface area (Å²) < 4.78 is 0. The maximum absolute atomic E-state index is 9.33. The van der Waals surface area contributed by atoms with Crippen molar-refractivity contribution >= 4 is 5.69 Å². The summed E-state index contributed by atoms with van der Waals surface area (Å²) in [7, 11) is 0. The van der Waals surface area contributed by atoms with Crippen LogP contribution in [0.5, 0.6) is 0 Å². The summed E-state index contributed by atoms with van der Waals surface area (Å²) in [6, 6.07) is 8.60. The number of anilines is 1. The normalized spacial score (nSPS) is 29.0. The second kappa shape index (κ2) is 5.54. The highest BCUT2D eigenvalue weighted by Crippen LogP contribution is 2.32. The highest BCUT2D eigenvalue weighted by molar-refractivity contribution is 5.51. The summed E-state index contributed by atoms with van der Waals surface area (Å²) in [4.78, 5) is 0. The molecule has 0 radical (unpaired) electrons. The van der Waals surface area contributed by atoms with Crippen LogP contribution in [-0.2, 0) is 6.61 Å². The first-order valence-corrected chi connectivity index (χ1v) is 6.67. The van der Waals surface area contributed by atoms with E-state index >= 15 is 0 Å². The van der Waals surface area contributed by atoms with Gasteiger partial charge in [0.25, 0.3) is 0 Å². The third-order valence-electron chi connectivity index (χ3n) is 4.24. The van der Waals surface area contributed by atoms with Crippen molar-refractivity contribution in [2.45, 2.75) is 45.8 Å². The Balaban J connectivity index is 2.09. The number of aliphatic hydroxyl groups excluding tert-OH is 1. The van der Waals surface area contributed by atoms with Gasteiger partial charge >= 0.3 is 0 Å². The number of para-hydroxylation sites is 1. The van der Waals surface area contributed by atoms with Crippen LogP contribution in [0, 0.1) is 11.8 Å². The van der Waals surface area contributed by atoms with Gasteiger partial charge < -0.3 is 10.4 Å². The highest BCUT2D eigenvalue weighted by atomic mass is 16.3. The number of hydrogen-bond acceptors (Lipinski definition) is 2. The van der Waals surface area contributed by atoms with E-state index in [1.165, 1.54) is 19.3 Å². The second-order valence-corrected chi connectivity index (χ2v) is 5.33. The molecule has 3 unspecified atom stereocenters. The van der Waals surface area contributed by atoms with Crippen LogP contribution in [0.4, 0.5) is 5.69 Å². The van der Waals surface area contributed by atoms with E-state index in [4.69, 9.17) is 0 Å². The molecule has 3 atom stereocenters. The monoisotopic (exact) mass is 233 g/mol. The van der Waals surface area contributed by atoms with Crippen molar-refractivity contribution in [3.05, 3.63) is 29.8 Å². The molecule has 0 saturated heterocycles. The summed E-state index contributed by atoms with van der Waals surface area (Å²) in [6.45, 7) is 4.79. The molecule has 2 rings (SSSR count). The standard InChI is InChI=1S/C15H23NO/c1-11-6-5-9-14(12(11)2)16-15-8-4-3-7-13(15)10-17/h3-4,7-8,11-12,14,16-17H,5-6,9-10H2,1-2H3. The van der Waals surface area contributed by atoms with E-state index in [9.17, 15) is 5.11 Å². The molecular weight excluding hydrogens is 210 g/mol. The molecule has 1 aliphatic carbocycles. The minimum Gasteiger partial charge on any atom is -0.392 e. The zero-order chi connectivity index (χ0) is 12.3. The van der Waals surface area contributed by atoms with Gasteiger partial charge in [-0.2, -0.15) is 0 Å². The van der Waals surface area contributed by atoms with E-state index in [0.717, 1.165) is 17.2 Å². The van der Waals surface area contributed by atoms with Crippen molar-refractivity contribution in [3.8, 4) is 0 Å². The van der Waals surface area contributed by atoms with Gasteiger partial charge in [0.2, 0.25) is 0 Å². The first-order valence-electron chi connectivity index (χ1n) is 6.67. The zero-order valence-electron chi connectivity index (χ0n) is 10.8. The van der Waals surface area contributed by atoms with Crippen LogP contribution < -0.4 is 5.32 Å². The molecule has 1 saturated carbocycles. The fourth-order valence-corrected chi connectivity index (χ4v) is 2.78. The second-order valence-electron chi connectivity index (χ2n) is 5.33. The van der Waals surface area contributed by atoms with Crippen LogP contribution in [0.15, 0.2) is 24.3 Å². The van der Waals surface area contributed by atoms with Crippen molar-refractivity contribution in [3.63, 3.8) is 0 Å². The van der Waals surface area contributed by atoms with Gasteiger partial charge in [0.05, 0.1) is 6.61 Å². The van der Waals surface area contributed by atoms with Gasteiger partial charge in [-0.05, 0) is 24.3 Å². The molecule has 1 aromatic rings. The Morgan fingerprint density at radius 2 is 2.00 bits per heavy atom. The maximum Gasteiger partial charge on any atom is 0.0701 e. The molecule has 0 amide bonds. The smallest absolute Gasteiger partial charge is 0.0701 e. The van der Waals surface area contributed by atoms with E-state index in [1.54, 1.807) is 0 Å². The average molecular weight is 233 g/mol. The van der Waals surface area contributed by atoms with Gasteiger partial charge in [-0.3, -0.25) is 0 Å². The maximum atomic E-state index is 9.33. The third kappa shape index (κ3) is 2.81. The Morgan fingerprint density at radius 1 is 1.24 bits per heavy atom. The number of aliphatic hydroxyl groups is 1. The summed E-state index contributed by atoms with van der Waals surface area (Å²) in [5.41, 5.74) is 2.10. The molecule has 1 fully saturated rings. The summed E-state index contributed by atoms with van der Waals surface area (Å²) in [5.74, 6) is 1.50. The molecule has 0 aliphatic heterocycles. The number of hydrogen-bond donors (Lipinski definition) is 2. The lowest BCUT2D eigenvalue weighted by molar-refractivity contribution is 0.252. The lowest BCUT2D eigenvalue weighted by atomic mass is 9.78. The Labute approximate surface area is 104 Å². The Morgan fingerprint density at radius 3 is 2.76 bits per heavy atom. The molecule has 1 aromatic carbocycles. The van der Waals surface area contributed by atoms with Crippen molar-refractivity contribution in [1.82, 2.24) is 0 Å². The molecule has 0 bridgehead atoms. The van der Waals surface area contributed by atoms with Gasteiger partial charge in [-0.25, -0.2) is 0 Å². The molecule has 0 spiro atoms. The highest BCUT2D eigenvalue weighted by Gasteiger charge is 2.27. The molecule has 2 heteroatoms.